The molecule has 1 aliphatic rings. The van der Waals surface area contributed by atoms with Gasteiger partial charge in [-0.1, -0.05) is 30.3 Å². The third-order valence-corrected chi connectivity index (χ3v) is 5.28. The van der Waals surface area contributed by atoms with Gasteiger partial charge in [-0.05, 0) is 48.7 Å². The maximum atomic E-state index is 12.9. The van der Waals surface area contributed by atoms with Crippen molar-refractivity contribution in [3.05, 3.63) is 77.6 Å². The molecular weight excluding hydrogens is 449 g/mol. The fourth-order valence-corrected chi connectivity index (χ4v) is 3.79. The van der Waals surface area contributed by atoms with Crippen LogP contribution in [0.4, 0.5) is 13.2 Å². The van der Waals surface area contributed by atoms with Crippen molar-refractivity contribution in [2.24, 2.45) is 0 Å². The van der Waals surface area contributed by atoms with Crippen molar-refractivity contribution in [3.63, 3.8) is 0 Å². The second kappa shape index (κ2) is 9.46. The van der Waals surface area contributed by atoms with E-state index in [0.29, 0.717) is 24.2 Å². The summed E-state index contributed by atoms with van der Waals surface area (Å²) in [7, 11) is 0. The summed E-state index contributed by atoms with van der Waals surface area (Å²) >= 11 is 0. The highest BCUT2D eigenvalue weighted by atomic mass is 19.4. The van der Waals surface area contributed by atoms with E-state index >= 15 is 0 Å². The molecule has 1 aliphatic heterocycles. The normalized spacial score (nSPS) is 14.0. The highest BCUT2D eigenvalue weighted by Crippen LogP contribution is 2.31. The summed E-state index contributed by atoms with van der Waals surface area (Å²) in [6.45, 7) is 2.23. The molecule has 0 bridgehead atoms. The van der Waals surface area contributed by atoms with Crippen LogP contribution in [0, 0.1) is 0 Å². The lowest BCUT2D eigenvalue weighted by atomic mass is 10.0. The monoisotopic (exact) mass is 470 g/mol. The van der Waals surface area contributed by atoms with Gasteiger partial charge in [-0.25, -0.2) is 4.79 Å². The molecule has 3 aromatic rings. The second-order valence-electron chi connectivity index (χ2n) is 7.52. The van der Waals surface area contributed by atoms with Crippen molar-refractivity contribution in [2.45, 2.75) is 19.7 Å². The van der Waals surface area contributed by atoms with E-state index in [-0.39, 0.29) is 23.8 Å². The molecule has 1 amide bonds. The highest BCUT2D eigenvalue weighted by molar-refractivity contribution is 6.18. The molecule has 0 radical (unpaired) electrons. The average Bonchev–Trinajstić information content (AvgIpc) is 3.05. The molecule has 0 aliphatic carbocycles. The summed E-state index contributed by atoms with van der Waals surface area (Å²) in [4.78, 5) is 30.3. The van der Waals surface area contributed by atoms with Crippen LogP contribution in [0.1, 0.15) is 23.7 Å². The van der Waals surface area contributed by atoms with Crippen LogP contribution in [0.3, 0.4) is 0 Å². The molecule has 176 valence electrons. The van der Waals surface area contributed by atoms with Crippen LogP contribution < -0.4 is 4.74 Å². The number of para-hydroxylation sites is 1. The van der Waals surface area contributed by atoms with E-state index in [9.17, 15) is 22.8 Å². The molecular formula is C25H21F3N2O4. The van der Waals surface area contributed by atoms with Crippen LogP contribution in [-0.2, 0) is 20.7 Å². The third-order valence-electron chi connectivity index (χ3n) is 5.28. The zero-order valence-electron chi connectivity index (χ0n) is 18.2. The Hall–Kier alpha value is -4.01. The van der Waals surface area contributed by atoms with Gasteiger partial charge in [-0.3, -0.25) is 4.79 Å². The Labute approximate surface area is 193 Å². The topological polar surface area (TPSA) is 71.6 Å². The van der Waals surface area contributed by atoms with Gasteiger partial charge in [0.1, 0.15) is 5.75 Å². The number of alkyl halides is 3. The number of aromatic amines is 1. The van der Waals surface area contributed by atoms with Crippen molar-refractivity contribution in [1.82, 2.24) is 9.88 Å². The Balaban J connectivity index is 1.58. The minimum absolute atomic E-state index is 0.188. The number of benzene rings is 2. The summed E-state index contributed by atoms with van der Waals surface area (Å²) in [5.74, 6) is -1.27. The SMILES string of the molecule is CCOC(=O)C1=CN(C(=O)C=Cc2ccc(OC(F)(F)F)cc2)CCc2c1[nH]c1ccccc21. The quantitative estimate of drug-likeness (QED) is 0.418. The third kappa shape index (κ3) is 5.14. The van der Waals surface area contributed by atoms with Gasteiger partial charge in [0.15, 0.2) is 0 Å². The van der Waals surface area contributed by atoms with E-state index in [1.807, 2.05) is 24.3 Å². The zero-order chi connectivity index (χ0) is 24.3. The number of hydrogen-bond donors (Lipinski definition) is 1. The van der Waals surface area contributed by atoms with Gasteiger partial charge in [0, 0.05) is 29.7 Å². The van der Waals surface area contributed by atoms with E-state index < -0.39 is 12.3 Å². The Kier molecular flexibility index (Phi) is 6.45. The van der Waals surface area contributed by atoms with Crippen molar-refractivity contribution in [1.29, 1.82) is 0 Å². The van der Waals surface area contributed by atoms with E-state index in [0.717, 1.165) is 16.5 Å². The molecule has 0 spiro atoms. The molecule has 4 rings (SSSR count). The first-order valence-corrected chi connectivity index (χ1v) is 10.6. The number of rotatable bonds is 5. The Bertz CT molecular complexity index is 1270. The molecule has 0 saturated heterocycles. The van der Waals surface area contributed by atoms with Gasteiger partial charge in [-0.15, -0.1) is 13.2 Å². The van der Waals surface area contributed by atoms with Gasteiger partial charge >= 0.3 is 12.3 Å². The Morgan fingerprint density at radius 2 is 1.85 bits per heavy atom. The first-order chi connectivity index (χ1) is 16.2. The second-order valence-corrected chi connectivity index (χ2v) is 7.52. The molecule has 6 nitrogen and oxygen atoms in total. The van der Waals surface area contributed by atoms with Gasteiger partial charge < -0.3 is 19.4 Å². The Morgan fingerprint density at radius 3 is 2.56 bits per heavy atom. The zero-order valence-corrected chi connectivity index (χ0v) is 18.2. The predicted octanol–water partition coefficient (Wildman–Crippen LogP) is 5.07. The number of esters is 1. The molecule has 0 unspecified atom stereocenters. The molecule has 0 saturated carbocycles. The Morgan fingerprint density at radius 1 is 1.12 bits per heavy atom. The van der Waals surface area contributed by atoms with E-state index in [1.54, 1.807) is 6.92 Å². The van der Waals surface area contributed by atoms with Crippen molar-refractivity contribution in [3.8, 4) is 5.75 Å². The summed E-state index contributed by atoms with van der Waals surface area (Å²) in [5, 5.41) is 0.971. The maximum Gasteiger partial charge on any atom is 0.573 e. The number of ether oxygens (including phenoxy) is 2. The lowest BCUT2D eigenvalue weighted by Gasteiger charge is -2.15. The van der Waals surface area contributed by atoms with Crippen molar-refractivity contribution >= 4 is 34.4 Å². The van der Waals surface area contributed by atoms with Crippen LogP contribution in [-0.4, -0.2) is 41.3 Å². The first-order valence-electron chi connectivity index (χ1n) is 10.6. The summed E-state index contributed by atoms with van der Waals surface area (Å²) in [6, 6.07) is 12.8. The number of fused-ring (bicyclic) bond motifs is 3. The summed E-state index contributed by atoms with van der Waals surface area (Å²) in [5.41, 5.74) is 3.21. The smallest absolute Gasteiger partial charge is 0.462 e. The minimum atomic E-state index is -4.77. The summed E-state index contributed by atoms with van der Waals surface area (Å²) < 4.78 is 46.0. The van der Waals surface area contributed by atoms with Gasteiger partial charge in [-0.2, -0.15) is 0 Å². The lowest BCUT2D eigenvalue weighted by Crippen LogP contribution is -2.26. The molecule has 2 aromatic carbocycles. The average molecular weight is 470 g/mol. The van der Waals surface area contributed by atoms with Gasteiger partial charge in [0.2, 0.25) is 0 Å². The molecule has 0 atom stereocenters. The van der Waals surface area contributed by atoms with Crippen LogP contribution in [0.15, 0.2) is 60.8 Å². The van der Waals surface area contributed by atoms with E-state index in [2.05, 4.69) is 9.72 Å². The molecule has 9 heteroatoms. The molecule has 0 fully saturated rings. The van der Waals surface area contributed by atoms with Gasteiger partial charge in [0.05, 0.1) is 17.9 Å². The minimum Gasteiger partial charge on any atom is -0.462 e. The van der Waals surface area contributed by atoms with Crippen molar-refractivity contribution < 1.29 is 32.2 Å². The highest BCUT2D eigenvalue weighted by Gasteiger charge is 2.31. The van der Waals surface area contributed by atoms with E-state index in [4.69, 9.17) is 4.74 Å². The number of halogens is 3. The predicted molar refractivity (Wildman–Crippen MR) is 120 cm³/mol. The van der Waals surface area contributed by atoms with Gasteiger partial charge in [0.25, 0.3) is 5.91 Å². The molecule has 1 N–H and O–H groups in total. The number of H-pyrrole nitrogens is 1. The summed E-state index contributed by atoms with van der Waals surface area (Å²) in [6.07, 6.45) is 0.00848. The largest absolute Gasteiger partial charge is 0.573 e. The van der Waals surface area contributed by atoms with Crippen molar-refractivity contribution in [2.75, 3.05) is 13.2 Å². The molecule has 1 aromatic heterocycles. The number of hydrogen-bond acceptors (Lipinski definition) is 4. The first kappa shape index (κ1) is 23.2. The maximum absolute atomic E-state index is 12.9. The lowest BCUT2D eigenvalue weighted by molar-refractivity contribution is -0.274. The number of carbonyl (C=O) groups is 2. The number of amides is 1. The molecule has 2 heterocycles. The molecule has 34 heavy (non-hydrogen) atoms. The van der Waals surface area contributed by atoms with Crippen LogP contribution >= 0.6 is 0 Å². The van der Waals surface area contributed by atoms with E-state index in [1.165, 1.54) is 47.5 Å². The van der Waals surface area contributed by atoms with Crippen LogP contribution in [0.25, 0.3) is 22.6 Å². The van der Waals surface area contributed by atoms with Crippen LogP contribution in [0.2, 0.25) is 0 Å². The number of nitrogens with one attached hydrogen (secondary N) is 1. The number of nitrogens with zero attached hydrogens (tertiary/aromatic N) is 1. The van der Waals surface area contributed by atoms with Crippen LogP contribution in [0.5, 0.6) is 5.75 Å². The number of aromatic nitrogens is 1. The standard InChI is InChI=1S/C25H21F3N2O4/c1-2-33-24(32)20-15-30(14-13-19-18-5-3-4-6-21(18)29-23(19)20)22(31)12-9-16-7-10-17(11-8-16)34-25(26,27)28/h3-12,15,29H,2,13-14H2,1H3. The fourth-order valence-electron chi connectivity index (χ4n) is 3.79. The number of carbonyl (C=O) groups excluding carboxylic acids is 2. The fraction of sp³-hybridized carbons (Fsp3) is 0.200.